The van der Waals surface area contributed by atoms with Crippen molar-refractivity contribution in [2.45, 2.75) is 19.4 Å². The quantitative estimate of drug-likeness (QED) is 0.867. The normalized spacial score (nSPS) is 10.0. The third kappa shape index (κ3) is 3.97. The molecule has 0 spiro atoms. The predicted molar refractivity (Wildman–Crippen MR) is 68.6 cm³/mol. The highest BCUT2D eigenvalue weighted by molar-refractivity contribution is 5.76. The molecule has 4 heteroatoms. The van der Waals surface area contributed by atoms with Crippen molar-refractivity contribution in [3.05, 3.63) is 60.2 Å². The van der Waals surface area contributed by atoms with E-state index in [4.69, 9.17) is 0 Å². The lowest BCUT2D eigenvalue weighted by atomic mass is 10.1. The second kappa shape index (κ2) is 6.49. The Hall–Kier alpha value is -2.23. The molecule has 2 aromatic rings. The van der Waals surface area contributed by atoms with Gasteiger partial charge in [0.1, 0.15) is 0 Å². The molecule has 1 N–H and O–H groups in total. The third-order valence-electron chi connectivity index (χ3n) is 2.63. The summed E-state index contributed by atoms with van der Waals surface area (Å²) in [4.78, 5) is 19.5. The number of nitrogens with zero attached hydrogens (tertiary/aromatic N) is 2. The van der Waals surface area contributed by atoms with Crippen LogP contribution in [0.15, 0.2) is 49.1 Å². The van der Waals surface area contributed by atoms with Crippen LogP contribution in [0.25, 0.3) is 0 Å². The van der Waals surface area contributed by atoms with Gasteiger partial charge in [0, 0.05) is 37.8 Å². The largest absolute Gasteiger partial charge is 0.352 e. The van der Waals surface area contributed by atoms with Crippen molar-refractivity contribution in [1.29, 1.82) is 0 Å². The highest BCUT2D eigenvalue weighted by Crippen LogP contribution is 2.01. The Morgan fingerprint density at radius 2 is 1.50 bits per heavy atom. The molecule has 1 amide bonds. The van der Waals surface area contributed by atoms with Crippen LogP contribution < -0.4 is 5.32 Å². The van der Waals surface area contributed by atoms with Crippen molar-refractivity contribution < 1.29 is 4.79 Å². The molecule has 0 aliphatic heterocycles. The number of aryl methyl sites for hydroxylation is 1. The van der Waals surface area contributed by atoms with Crippen LogP contribution in [0.3, 0.4) is 0 Å². The summed E-state index contributed by atoms with van der Waals surface area (Å²) in [6.07, 6.45) is 8.16. The average molecular weight is 241 g/mol. The number of hydrogen-bond acceptors (Lipinski definition) is 3. The Balaban J connectivity index is 1.73. The fourth-order valence-electron chi connectivity index (χ4n) is 1.60. The fraction of sp³-hybridized carbons (Fsp3) is 0.214. The van der Waals surface area contributed by atoms with Crippen LogP contribution in [0.5, 0.6) is 0 Å². The minimum Gasteiger partial charge on any atom is -0.352 e. The van der Waals surface area contributed by atoms with E-state index in [2.05, 4.69) is 15.3 Å². The van der Waals surface area contributed by atoms with Gasteiger partial charge in [0.15, 0.2) is 0 Å². The SMILES string of the molecule is O=C(CCc1ccncc1)NCc1ccncc1. The smallest absolute Gasteiger partial charge is 0.220 e. The van der Waals surface area contributed by atoms with E-state index in [1.165, 1.54) is 0 Å². The minimum atomic E-state index is 0.0589. The maximum atomic E-state index is 11.6. The first kappa shape index (κ1) is 12.2. The van der Waals surface area contributed by atoms with E-state index in [1.54, 1.807) is 24.8 Å². The molecule has 2 aromatic heterocycles. The monoisotopic (exact) mass is 241 g/mol. The molecule has 0 aliphatic carbocycles. The first-order valence-corrected chi connectivity index (χ1v) is 5.89. The summed E-state index contributed by atoms with van der Waals surface area (Å²) in [6, 6.07) is 7.64. The number of nitrogens with one attached hydrogen (secondary N) is 1. The topological polar surface area (TPSA) is 54.9 Å². The van der Waals surface area contributed by atoms with E-state index in [9.17, 15) is 4.79 Å². The molecule has 0 aromatic carbocycles. The summed E-state index contributed by atoms with van der Waals surface area (Å²) in [5.41, 5.74) is 2.19. The predicted octanol–water partition coefficient (Wildman–Crippen LogP) is 1.73. The van der Waals surface area contributed by atoms with E-state index < -0.39 is 0 Å². The molecule has 0 fully saturated rings. The van der Waals surface area contributed by atoms with Crippen molar-refractivity contribution in [3.63, 3.8) is 0 Å². The first-order valence-electron chi connectivity index (χ1n) is 5.89. The third-order valence-corrected chi connectivity index (χ3v) is 2.63. The second-order valence-electron chi connectivity index (χ2n) is 3.99. The number of hydrogen-bond donors (Lipinski definition) is 1. The first-order chi connectivity index (χ1) is 8.84. The maximum Gasteiger partial charge on any atom is 0.220 e. The molecule has 0 saturated heterocycles. The van der Waals surface area contributed by atoms with Crippen LogP contribution in [-0.4, -0.2) is 15.9 Å². The zero-order valence-corrected chi connectivity index (χ0v) is 10.0. The van der Waals surface area contributed by atoms with Gasteiger partial charge in [-0.25, -0.2) is 0 Å². The van der Waals surface area contributed by atoms with E-state index in [-0.39, 0.29) is 5.91 Å². The lowest BCUT2D eigenvalue weighted by Gasteiger charge is -2.05. The summed E-state index contributed by atoms with van der Waals surface area (Å²) >= 11 is 0. The number of pyridine rings is 2. The molecule has 0 bridgehead atoms. The van der Waals surface area contributed by atoms with Crippen LogP contribution in [-0.2, 0) is 17.8 Å². The number of carbonyl (C=O) groups is 1. The molecular formula is C14H15N3O. The van der Waals surface area contributed by atoms with Gasteiger partial charge >= 0.3 is 0 Å². The Morgan fingerprint density at radius 1 is 0.944 bits per heavy atom. The Bertz CT molecular complexity index is 439. The Kier molecular flexibility index (Phi) is 4.41. The Labute approximate surface area is 106 Å². The van der Waals surface area contributed by atoms with Crippen molar-refractivity contribution in [2.75, 3.05) is 0 Å². The van der Waals surface area contributed by atoms with Gasteiger partial charge in [-0.15, -0.1) is 0 Å². The lowest BCUT2D eigenvalue weighted by molar-refractivity contribution is -0.121. The molecule has 0 radical (unpaired) electrons. The number of aromatic nitrogens is 2. The fourth-order valence-corrected chi connectivity index (χ4v) is 1.60. The van der Waals surface area contributed by atoms with Gasteiger partial charge in [-0.05, 0) is 41.8 Å². The lowest BCUT2D eigenvalue weighted by Crippen LogP contribution is -2.22. The summed E-state index contributed by atoms with van der Waals surface area (Å²) < 4.78 is 0. The van der Waals surface area contributed by atoms with Crippen molar-refractivity contribution in [3.8, 4) is 0 Å². The standard InChI is InChI=1S/C14H15N3O/c18-14(2-1-12-3-7-15-8-4-12)17-11-13-5-9-16-10-6-13/h3-10H,1-2,11H2,(H,17,18). The molecule has 0 unspecified atom stereocenters. The van der Waals surface area contributed by atoms with Gasteiger partial charge in [-0.1, -0.05) is 0 Å². The van der Waals surface area contributed by atoms with Crippen LogP contribution in [0.1, 0.15) is 17.5 Å². The van der Waals surface area contributed by atoms with E-state index in [1.807, 2.05) is 24.3 Å². The number of rotatable bonds is 5. The van der Waals surface area contributed by atoms with Gasteiger partial charge in [0.05, 0.1) is 0 Å². The summed E-state index contributed by atoms with van der Waals surface area (Å²) in [5.74, 6) is 0.0589. The molecule has 2 heterocycles. The van der Waals surface area contributed by atoms with Crippen LogP contribution in [0.2, 0.25) is 0 Å². The molecule has 0 aliphatic rings. The van der Waals surface area contributed by atoms with Crippen LogP contribution in [0.4, 0.5) is 0 Å². The number of amides is 1. The zero-order chi connectivity index (χ0) is 12.6. The molecule has 0 atom stereocenters. The zero-order valence-electron chi connectivity index (χ0n) is 10.0. The highest BCUT2D eigenvalue weighted by Gasteiger charge is 2.02. The summed E-state index contributed by atoms with van der Waals surface area (Å²) in [7, 11) is 0. The van der Waals surface area contributed by atoms with E-state index >= 15 is 0 Å². The highest BCUT2D eigenvalue weighted by atomic mass is 16.1. The van der Waals surface area contributed by atoms with Crippen molar-refractivity contribution >= 4 is 5.91 Å². The van der Waals surface area contributed by atoms with Gasteiger partial charge in [-0.3, -0.25) is 14.8 Å². The molecule has 18 heavy (non-hydrogen) atoms. The van der Waals surface area contributed by atoms with Gasteiger partial charge in [0.25, 0.3) is 0 Å². The minimum absolute atomic E-state index is 0.0589. The van der Waals surface area contributed by atoms with Crippen molar-refractivity contribution in [2.24, 2.45) is 0 Å². The number of carbonyl (C=O) groups excluding carboxylic acids is 1. The summed E-state index contributed by atoms with van der Waals surface area (Å²) in [5, 5.41) is 2.89. The van der Waals surface area contributed by atoms with Crippen LogP contribution >= 0.6 is 0 Å². The van der Waals surface area contributed by atoms with E-state index in [0.29, 0.717) is 13.0 Å². The Morgan fingerprint density at radius 3 is 2.11 bits per heavy atom. The van der Waals surface area contributed by atoms with Gasteiger partial charge in [0.2, 0.25) is 5.91 Å². The van der Waals surface area contributed by atoms with Crippen LogP contribution in [0, 0.1) is 0 Å². The second-order valence-corrected chi connectivity index (χ2v) is 3.99. The molecule has 0 saturated carbocycles. The molecule has 92 valence electrons. The maximum absolute atomic E-state index is 11.6. The average Bonchev–Trinajstić information content (AvgIpc) is 2.45. The van der Waals surface area contributed by atoms with E-state index in [0.717, 1.165) is 17.5 Å². The van der Waals surface area contributed by atoms with Gasteiger partial charge in [-0.2, -0.15) is 0 Å². The molecule has 4 nitrogen and oxygen atoms in total. The molecular weight excluding hydrogens is 226 g/mol. The summed E-state index contributed by atoms with van der Waals surface area (Å²) in [6.45, 7) is 0.553. The van der Waals surface area contributed by atoms with Gasteiger partial charge < -0.3 is 5.32 Å². The van der Waals surface area contributed by atoms with Crippen molar-refractivity contribution in [1.82, 2.24) is 15.3 Å². The molecule has 2 rings (SSSR count).